The summed E-state index contributed by atoms with van der Waals surface area (Å²) in [4.78, 5) is 4.33. The van der Waals surface area contributed by atoms with Crippen LogP contribution in [0.15, 0.2) is 22.7 Å². The Bertz CT molecular complexity index is 608. The predicted octanol–water partition coefficient (Wildman–Crippen LogP) is 2.38. The minimum absolute atomic E-state index is 0.238. The van der Waals surface area contributed by atoms with Crippen molar-refractivity contribution in [1.82, 2.24) is 10.1 Å². The second kappa shape index (κ2) is 6.13. The monoisotopic (exact) mass is 289 g/mol. The lowest BCUT2D eigenvalue weighted by Gasteiger charge is -2.11. The first kappa shape index (κ1) is 13.9. The zero-order valence-electron chi connectivity index (χ0n) is 12.0. The average molecular weight is 289 g/mol. The quantitative estimate of drug-likeness (QED) is 0.842. The van der Waals surface area contributed by atoms with E-state index in [4.69, 9.17) is 19.7 Å². The van der Waals surface area contributed by atoms with Gasteiger partial charge in [-0.25, -0.2) is 0 Å². The molecule has 1 heterocycles. The summed E-state index contributed by atoms with van der Waals surface area (Å²) in [6, 6.07) is 5.66. The van der Waals surface area contributed by atoms with E-state index in [9.17, 15) is 0 Å². The van der Waals surface area contributed by atoms with Crippen LogP contribution >= 0.6 is 0 Å². The smallest absolute Gasteiger partial charge is 0.264 e. The number of rotatable bonds is 7. The van der Waals surface area contributed by atoms with Gasteiger partial charge in [-0.1, -0.05) is 11.2 Å². The molecule has 21 heavy (non-hydrogen) atoms. The van der Waals surface area contributed by atoms with E-state index in [0.717, 1.165) is 24.2 Å². The number of nitrogens with zero attached hydrogens (tertiary/aromatic N) is 2. The zero-order chi connectivity index (χ0) is 14.7. The van der Waals surface area contributed by atoms with Crippen molar-refractivity contribution >= 4 is 0 Å². The van der Waals surface area contributed by atoms with Crippen LogP contribution in [0.2, 0.25) is 0 Å². The highest BCUT2D eigenvalue weighted by Crippen LogP contribution is 2.38. The fourth-order valence-electron chi connectivity index (χ4n) is 2.04. The highest BCUT2D eigenvalue weighted by Gasteiger charge is 2.28. The third-order valence-electron chi connectivity index (χ3n) is 3.32. The summed E-state index contributed by atoms with van der Waals surface area (Å²) in [6.45, 7) is 3.20. The van der Waals surface area contributed by atoms with Gasteiger partial charge >= 0.3 is 0 Å². The van der Waals surface area contributed by atoms with Gasteiger partial charge in [-0.2, -0.15) is 4.98 Å². The van der Waals surface area contributed by atoms with Gasteiger partial charge in [-0.15, -0.1) is 0 Å². The molecule has 0 unspecified atom stereocenters. The van der Waals surface area contributed by atoms with E-state index in [2.05, 4.69) is 10.1 Å². The molecule has 1 aromatic carbocycles. The molecule has 0 aliphatic heterocycles. The predicted molar refractivity (Wildman–Crippen MR) is 76.1 cm³/mol. The van der Waals surface area contributed by atoms with Gasteiger partial charge in [0, 0.05) is 12.5 Å². The highest BCUT2D eigenvalue weighted by molar-refractivity contribution is 5.43. The molecule has 0 bridgehead atoms. The topological polar surface area (TPSA) is 83.4 Å². The Labute approximate surface area is 123 Å². The van der Waals surface area contributed by atoms with Gasteiger partial charge in [0.25, 0.3) is 5.89 Å². The standard InChI is InChI=1S/C15H19N3O3/c1-2-19-13-7-10(8-16)3-6-12(13)20-9-14-17-15(18-21-14)11-4-5-11/h3,6-7,11H,2,4-5,8-9,16H2,1H3. The Morgan fingerprint density at radius 3 is 2.86 bits per heavy atom. The van der Waals surface area contributed by atoms with Crippen LogP contribution in [0.1, 0.15) is 43.0 Å². The van der Waals surface area contributed by atoms with Crippen LogP contribution in [-0.2, 0) is 13.2 Å². The van der Waals surface area contributed by atoms with Gasteiger partial charge in [-0.05, 0) is 37.5 Å². The molecule has 3 rings (SSSR count). The molecule has 1 saturated carbocycles. The van der Waals surface area contributed by atoms with Gasteiger partial charge in [0.15, 0.2) is 23.9 Å². The molecule has 1 aliphatic rings. The summed E-state index contributed by atoms with van der Waals surface area (Å²) >= 11 is 0. The van der Waals surface area contributed by atoms with E-state index in [1.807, 2.05) is 25.1 Å². The molecule has 0 radical (unpaired) electrons. The molecule has 6 heteroatoms. The molecule has 6 nitrogen and oxygen atoms in total. The van der Waals surface area contributed by atoms with Crippen LogP contribution in [0.4, 0.5) is 0 Å². The third-order valence-corrected chi connectivity index (χ3v) is 3.32. The van der Waals surface area contributed by atoms with Crippen molar-refractivity contribution in [2.24, 2.45) is 5.73 Å². The van der Waals surface area contributed by atoms with Gasteiger partial charge in [0.1, 0.15) is 0 Å². The normalized spacial score (nSPS) is 14.2. The minimum atomic E-state index is 0.238. The van der Waals surface area contributed by atoms with E-state index < -0.39 is 0 Å². The molecule has 0 spiro atoms. The van der Waals surface area contributed by atoms with Crippen molar-refractivity contribution in [3.05, 3.63) is 35.5 Å². The van der Waals surface area contributed by atoms with Crippen molar-refractivity contribution in [2.45, 2.75) is 38.8 Å². The SMILES string of the molecule is CCOc1cc(CN)ccc1OCc1nc(C2CC2)no1. The summed E-state index contributed by atoms with van der Waals surface area (Å²) in [7, 11) is 0. The Kier molecular flexibility index (Phi) is 4.06. The van der Waals surface area contributed by atoms with E-state index in [1.165, 1.54) is 0 Å². The maximum Gasteiger partial charge on any atom is 0.264 e. The number of hydrogen-bond acceptors (Lipinski definition) is 6. The van der Waals surface area contributed by atoms with Crippen molar-refractivity contribution in [3.63, 3.8) is 0 Å². The fourth-order valence-corrected chi connectivity index (χ4v) is 2.04. The lowest BCUT2D eigenvalue weighted by molar-refractivity contribution is 0.228. The second-order valence-corrected chi connectivity index (χ2v) is 5.03. The summed E-state index contributed by atoms with van der Waals surface area (Å²) in [6.07, 6.45) is 2.30. The van der Waals surface area contributed by atoms with Crippen molar-refractivity contribution in [3.8, 4) is 11.5 Å². The number of hydrogen-bond donors (Lipinski definition) is 1. The molecule has 2 aromatic rings. The molecular weight excluding hydrogens is 270 g/mol. The molecule has 1 aromatic heterocycles. The molecule has 0 atom stereocenters. The molecule has 0 saturated heterocycles. The Morgan fingerprint density at radius 1 is 1.29 bits per heavy atom. The van der Waals surface area contributed by atoms with Crippen molar-refractivity contribution in [2.75, 3.05) is 6.61 Å². The highest BCUT2D eigenvalue weighted by atomic mass is 16.5. The molecular formula is C15H19N3O3. The van der Waals surface area contributed by atoms with Gasteiger partial charge in [0.2, 0.25) is 0 Å². The summed E-state index contributed by atoms with van der Waals surface area (Å²) in [5, 5.41) is 3.96. The first-order chi connectivity index (χ1) is 10.3. The number of aromatic nitrogens is 2. The van der Waals surface area contributed by atoms with Crippen LogP contribution in [0.3, 0.4) is 0 Å². The second-order valence-electron chi connectivity index (χ2n) is 5.03. The van der Waals surface area contributed by atoms with Crippen LogP contribution < -0.4 is 15.2 Å². The largest absolute Gasteiger partial charge is 0.490 e. The first-order valence-electron chi connectivity index (χ1n) is 7.21. The third kappa shape index (κ3) is 3.33. The minimum Gasteiger partial charge on any atom is -0.490 e. The number of ether oxygens (including phenoxy) is 2. The van der Waals surface area contributed by atoms with Crippen LogP contribution in [0, 0.1) is 0 Å². The molecule has 1 fully saturated rings. The van der Waals surface area contributed by atoms with Crippen molar-refractivity contribution < 1.29 is 14.0 Å². The maximum atomic E-state index is 5.73. The van der Waals surface area contributed by atoms with Crippen LogP contribution in [0.25, 0.3) is 0 Å². The molecule has 1 aliphatic carbocycles. The maximum absolute atomic E-state index is 5.73. The van der Waals surface area contributed by atoms with Crippen LogP contribution in [-0.4, -0.2) is 16.7 Å². The first-order valence-corrected chi connectivity index (χ1v) is 7.21. The van der Waals surface area contributed by atoms with E-state index in [-0.39, 0.29) is 6.61 Å². The van der Waals surface area contributed by atoms with E-state index in [1.54, 1.807) is 0 Å². The van der Waals surface area contributed by atoms with E-state index >= 15 is 0 Å². The molecule has 112 valence electrons. The molecule has 0 amide bonds. The van der Waals surface area contributed by atoms with Crippen molar-refractivity contribution in [1.29, 1.82) is 0 Å². The lowest BCUT2D eigenvalue weighted by atomic mass is 10.2. The summed E-state index contributed by atoms with van der Waals surface area (Å²) in [5.74, 6) is 3.09. The lowest BCUT2D eigenvalue weighted by Crippen LogP contribution is -2.02. The zero-order valence-corrected chi connectivity index (χ0v) is 12.0. The summed E-state index contributed by atoms with van der Waals surface area (Å²) in [5.41, 5.74) is 6.64. The van der Waals surface area contributed by atoms with Gasteiger partial charge < -0.3 is 19.7 Å². The Hall–Kier alpha value is -2.08. The number of nitrogens with two attached hydrogens (primary N) is 1. The summed E-state index contributed by atoms with van der Waals surface area (Å²) < 4.78 is 16.5. The average Bonchev–Trinajstić information content (AvgIpc) is 3.25. The fraction of sp³-hybridized carbons (Fsp3) is 0.467. The van der Waals surface area contributed by atoms with Gasteiger partial charge in [-0.3, -0.25) is 0 Å². The molecule has 2 N–H and O–H groups in total. The van der Waals surface area contributed by atoms with E-state index in [0.29, 0.717) is 36.5 Å². The Balaban J connectivity index is 1.67. The Morgan fingerprint density at radius 2 is 2.14 bits per heavy atom. The van der Waals surface area contributed by atoms with Gasteiger partial charge in [0.05, 0.1) is 6.61 Å². The number of benzene rings is 1. The van der Waals surface area contributed by atoms with Crippen LogP contribution in [0.5, 0.6) is 11.5 Å².